The van der Waals surface area contributed by atoms with Crippen molar-refractivity contribution in [3.8, 4) is 28.6 Å². The number of amides is 1. The fraction of sp³-hybridized carbons (Fsp3) is 0.320. The fourth-order valence-corrected chi connectivity index (χ4v) is 4.34. The first-order valence-electron chi connectivity index (χ1n) is 11.6. The van der Waals surface area contributed by atoms with Crippen LogP contribution in [0.2, 0.25) is 0 Å². The minimum absolute atomic E-state index is 0.0595. The van der Waals surface area contributed by atoms with Crippen molar-refractivity contribution in [2.45, 2.75) is 6.92 Å². The number of benzene rings is 1. The van der Waals surface area contributed by atoms with Gasteiger partial charge in [-0.05, 0) is 31.2 Å². The predicted molar refractivity (Wildman–Crippen MR) is 134 cm³/mol. The standard InChI is InChI=1S/C25H28N8O3/c1-17-27-23(15-24(28-17)33-8-7-26-16-33)31-9-11-32(12-10-31)25(34)21-14-20(29-30(21)2)19-13-18(35-3)5-6-22(19)36-4/h5-8,13-16H,9-12H2,1-4H3. The third kappa shape index (κ3) is 4.47. The SMILES string of the molecule is COc1ccc(OC)c(-c2cc(C(=O)N3CCN(c4cc(-n5ccnc5)nc(C)n4)CC3)n(C)n2)c1. The summed E-state index contributed by atoms with van der Waals surface area (Å²) < 4.78 is 14.3. The Morgan fingerprint density at radius 1 is 0.972 bits per heavy atom. The topological polar surface area (TPSA) is 103 Å². The van der Waals surface area contributed by atoms with Crippen molar-refractivity contribution in [2.24, 2.45) is 7.05 Å². The molecule has 5 rings (SSSR count). The number of carbonyl (C=O) groups excluding carboxylic acids is 1. The molecule has 1 saturated heterocycles. The predicted octanol–water partition coefficient (Wildman–Crippen LogP) is 2.35. The maximum absolute atomic E-state index is 13.4. The van der Waals surface area contributed by atoms with E-state index in [1.165, 1.54) is 0 Å². The van der Waals surface area contributed by atoms with E-state index < -0.39 is 0 Å². The molecule has 0 spiro atoms. The van der Waals surface area contributed by atoms with Gasteiger partial charge in [0.2, 0.25) is 0 Å². The lowest BCUT2D eigenvalue weighted by Gasteiger charge is -2.35. The molecule has 0 bridgehead atoms. The molecule has 1 aliphatic rings. The minimum Gasteiger partial charge on any atom is -0.497 e. The van der Waals surface area contributed by atoms with E-state index in [9.17, 15) is 4.79 Å². The molecule has 0 unspecified atom stereocenters. The lowest BCUT2D eigenvalue weighted by molar-refractivity contribution is 0.0735. The van der Waals surface area contributed by atoms with E-state index in [-0.39, 0.29) is 5.91 Å². The molecule has 36 heavy (non-hydrogen) atoms. The van der Waals surface area contributed by atoms with Crippen LogP contribution >= 0.6 is 0 Å². The highest BCUT2D eigenvalue weighted by Crippen LogP contribution is 2.33. The maximum atomic E-state index is 13.4. The van der Waals surface area contributed by atoms with E-state index in [1.807, 2.05) is 46.9 Å². The van der Waals surface area contributed by atoms with Gasteiger partial charge in [-0.2, -0.15) is 5.10 Å². The van der Waals surface area contributed by atoms with Crippen LogP contribution in [-0.4, -0.2) is 80.5 Å². The smallest absolute Gasteiger partial charge is 0.272 e. The summed E-state index contributed by atoms with van der Waals surface area (Å²) in [7, 11) is 5.00. The van der Waals surface area contributed by atoms with Crippen molar-refractivity contribution in [3.63, 3.8) is 0 Å². The first-order chi connectivity index (χ1) is 17.5. The number of carbonyl (C=O) groups is 1. The summed E-state index contributed by atoms with van der Waals surface area (Å²) >= 11 is 0. The van der Waals surface area contributed by atoms with Crippen molar-refractivity contribution in [1.82, 2.24) is 34.2 Å². The summed E-state index contributed by atoms with van der Waals surface area (Å²) in [6.07, 6.45) is 5.28. The summed E-state index contributed by atoms with van der Waals surface area (Å²) in [5.74, 6) is 3.59. The zero-order valence-corrected chi connectivity index (χ0v) is 20.7. The molecule has 1 fully saturated rings. The Morgan fingerprint density at radius 3 is 2.44 bits per heavy atom. The van der Waals surface area contributed by atoms with E-state index in [0.29, 0.717) is 54.9 Å². The number of aromatic nitrogens is 6. The second kappa shape index (κ2) is 9.68. The molecule has 1 amide bonds. The quantitative estimate of drug-likeness (QED) is 0.408. The average Bonchev–Trinajstić information content (AvgIpc) is 3.58. The van der Waals surface area contributed by atoms with Crippen LogP contribution < -0.4 is 14.4 Å². The largest absolute Gasteiger partial charge is 0.497 e. The third-order valence-corrected chi connectivity index (χ3v) is 6.25. The van der Waals surface area contributed by atoms with Crippen LogP contribution in [0.4, 0.5) is 5.82 Å². The Hall–Kier alpha value is -4.41. The molecule has 0 N–H and O–H groups in total. The number of imidazole rings is 1. The first-order valence-corrected chi connectivity index (χ1v) is 11.6. The summed E-state index contributed by atoms with van der Waals surface area (Å²) in [5, 5.41) is 4.59. The molecule has 1 aromatic carbocycles. The van der Waals surface area contributed by atoms with Crippen molar-refractivity contribution in [1.29, 1.82) is 0 Å². The number of piperazine rings is 1. The minimum atomic E-state index is -0.0595. The van der Waals surface area contributed by atoms with Crippen molar-refractivity contribution in [3.05, 3.63) is 60.6 Å². The molecule has 186 valence electrons. The molecule has 0 atom stereocenters. The number of anilines is 1. The van der Waals surface area contributed by atoms with Gasteiger partial charge in [0, 0.05) is 57.3 Å². The number of methoxy groups -OCH3 is 2. The Kier molecular flexibility index (Phi) is 6.28. The van der Waals surface area contributed by atoms with Gasteiger partial charge in [-0.1, -0.05) is 0 Å². The van der Waals surface area contributed by atoms with Crippen molar-refractivity contribution >= 4 is 11.7 Å². The van der Waals surface area contributed by atoms with Gasteiger partial charge in [0.15, 0.2) is 0 Å². The van der Waals surface area contributed by atoms with Crippen molar-refractivity contribution < 1.29 is 14.3 Å². The summed E-state index contributed by atoms with van der Waals surface area (Å²) in [6, 6.07) is 9.26. The molecule has 0 radical (unpaired) electrons. The fourth-order valence-electron chi connectivity index (χ4n) is 4.34. The maximum Gasteiger partial charge on any atom is 0.272 e. The highest BCUT2D eigenvalue weighted by atomic mass is 16.5. The van der Waals surface area contributed by atoms with Crippen LogP contribution in [0.25, 0.3) is 17.1 Å². The zero-order valence-electron chi connectivity index (χ0n) is 20.7. The van der Waals surface area contributed by atoms with Gasteiger partial charge in [-0.25, -0.2) is 15.0 Å². The molecule has 4 heterocycles. The van der Waals surface area contributed by atoms with Crippen LogP contribution in [-0.2, 0) is 7.05 Å². The van der Waals surface area contributed by atoms with E-state index in [0.717, 1.165) is 17.2 Å². The monoisotopic (exact) mass is 488 g/mol. The molecule has 3 aromatic heterocycles. The first kappa shape index (κ1) is 23.3. The Bertz CT molecular complexity index is 1370. The molecular formula is C25H28N8O3. The van der Waals surface area contributed by atoms with Gasteiger partial charge >= 0.3 is 0 Å². The highest BCUT2D eigenvalue weighted by Gasteiger charge is 2.26. The molecule has 11 nitrogen and oxygen atoms in total. The summed E-state index contributed by atoms with van der Waals surface area (Å²) in [4.78, 5) is 30.7. The van der Waals surface area contributed by atoms with Crippen LogP contribution in [0.5, 0.6) is 11.5 Å². The highest BCUT2D eigenvalue weighted by molar-refractivity contribution is 5.94. The molecule has 1 aliphatic heterocycles. The molecule has 4 aromatic rings. The molecule has 11 heteroatoms. The number of ether oxygens (including phenoxy) is 2. The summed E-state index contributed by atoms with van der Waals surface area (Å²) in [5.41, 5.74) is 1.94. The molecular weight excluding hydrogens is 460 g/mol. The molecule has 0 saturated carbocycles. The number of nitrogens with zero attached hydrogens (tertiary/aromatic N) is 8. The van der Waals surface area contributed by atoms with E-state index in [4.69, 9.17) is 9.47 Å². The van der Waals surface area contributed by atoms with Gasteiger partial charge in [-0.15, -0.1) is 0 Å². The van der Waals surface area contributed by atoms with Gasteiger partial charge in [0.25, 0.3) is 5.91 Å². The summed E-state index contributed by atoms with van der Waals surface area (Å²) in [6.45, 7) is 4.36. The Morgan fingerprint density at radius 2 is 1.75 bits per heavy atom. The van der Waals surface area contributed by atoms with Crippen LogP contribution in [0.1, 0.15) is 16.3 Å². The Balaban J connectivity index is 1.32. The number of hydrogen-bond acceptors (Lipinski definition) is 8. The Labute approximate surface area is 208 Å². The van der Waals surface area contributed by atoms with Gasteiger partial charge in [0.05, 0.1) is 19.9 Å². The van der Waals surface area contributed by atoms with Gasteiger partial charge in [-0.3, -0.25) is 14.0 Å². The zero-order chi connectivity index (χ0) is 25.2. The molecule has 0 aliphatic carbocycles. The van der Waals surface area contributed by atoms with E-state index in [2.05, 4.69) is 25.0 Å². The van der Waals surface area contributed by atoms with Crippen molar-refractivity contribution in [2.75, 3.05) is 45.3 Å². The second-order valence-corrected chi connectivity index (χ2v) is 8.49. The van der Waals surface area contributed by atoms with E-state index in [1.54, 1.807) is 44.5 Å². The number of aryl methyl sites for hydroxylation is 2. The third-order valence-electron chi connectivity index (χ3n) is 6.25. The normalized spacial score (nSPS) is 13.7. The van der Waals surface area contributed by atoms with Gasteiger partial charge < -0.3 is 19.3 Å². The van der Waals surface area contributed by atoms with Gasteiger partial charge in [0.1, 0.15) is 41.0 Å². The second-order valence-electron chi connectivity index (χ2n) is 8.49. The average molecular weight is 489 g/mol. The van der Waals surface area contributed by atoms with Crippen LogP contribution in [0.3, 0.4) is 0 Å². The number of hydrogen-bond donors (Lipinski definition) is 0. The van der Waals surface area contributed by atoms with Crippen LogP contribution in [0.15, 0.2) is 49.1 Å². The number of rotatable bonds is 6. The lowest BCUT2D eigenvalue weighted by Crippen LogP contribution is -2.49. The van der Waals surface area contributed by atoms with E-state index >= 15 is 0 Å². The van der Waals surface area contributed by atoms with Crippen LogP contribution in [0, 0.1) is 6.92 Å². The lowest BCUT2D eigenvalue weighted by atomic mass is 10.1.